The molecule has 0 atom stereocenters. The van der Waals surface area contributed by atoms with Crippen molar-refractivity contribution in [1.82, 2.24) is 0 Å². The number of carbonyl (C=O) groups is 1. The Kier molecular flexibility index (Phi) is 5.69. The molecule has 0 unspecified atom stereocenters. The molecule has 5 heteroatoms. The normalized spacial score (nSPS) is 10.6. The highest BCUT2D eigenvalue weighted by atomic mass is 35.5. The summed E-state index contributed by atoms with van der Waals surface area (Å²) in [5.74, 6) is 0.841. The molecule has 0 fully saturated rings. The highest BCUT2D eigenvalue weighted by Crippen LogP contribution is 2.26. The van der Waals surface area contributed by atoms with Crippen molar-refractivity contribution in [2.75, 3.05) is 11.9 Å². The van der Waals surface area contributed by atoms with Gasteiger partial charge in [0, 0.05) is 10.6 Å². The molecule has 0 saturated heterocycles. The largest absolute Gasteiger partial charge is 0.493 e. The van der Waals surface area contributed by atoms with Crippen LogP contribution in [-0.4, -0.2) is 12.5 Å². The average Bonchev–Trinajstić information content (AvgIpc) is 2.48. The van der Waals surface area contributed by atoms with E-state index in [4.69, 9.17) is 27.9 Å². The van der Waals surface area contributed by atoms with E-state index in [1.807, 2.05) is 6.07 Å². The first kappa shape index (κ1) is 16.7. The van der Waals surface area contributed by atoms with Gasteiger partial charge in [-0.1, -0.05) is 43.1 Å². The van der Waals surface area contributed by atoms with Crippen LogP contribution in [0.4, 0.5) is 5.69 Å². The van der Waals surface area contributed by atoms with E-state index < -0.39 is 0 Å². The Labute approximate surface area is 140 Å². The lowest BCUT2D eigenvalue weighted by molar-refractivity contribution is 0.102. The summed E-state index contributed by atoms with van der Waals surface area (Å²) < 4.78 is 5.62. The van der Waals surface area contributed by atoms with Gasteiger partial charge in [0.1, 0.15) is 5.75 Å². The second kappa shape index (κ2) is 7.52. The van der Waals surface area contributed by atoms with Crippen LogP contribution in [-0.2, 0) is 0 Å². The maximum Gasteiger partial charge on any atom is 0.255 e. The van der Waals surface area contributed by atoms with Crippen molar-refractivity contribution in [3.8, 4) is 5.75 Å². The Bertz CT molecular complexity index is 671. The number of benzene rings is 2. The molecule has 116 valence electrons. The van der Waals surface area contributed by atoms with Gasteiger partial charge in [0.25, 0.3) is 5.91 Å². The zero-order valence-corrected chi connectivity index (χ0v) is 13.9. The third-order valence-electron chi connectivity index (χ3n) is 2.86. The smallest absolute Gasteiger partial charge is 0.255 e. The van der Waals surface area contributed by atoms with Gasteiger partial charge in [-0.3, -0.25) is 4.79 Å². The van der Waals surface area contributed by atoms with Crippen molar-refractivity contribution in [2.45, 2.75) is 13.8 Å². The zero-order valence-electron chi connectivity index (χ0n) is 12.4. The molecule has 0 spiro atoms. The molecular weight excluding hydrogens is 321 g/mol. The second-order valence-corrected chi connectivity index (χ2v) is 6.15. The molecule has 0 aliphatic rings. The van der Waals surface area contributed by atoms with Gasteiger partial charge in [0.15, 0.2) is 0 Å². The second-order valence-electron chi connectivity index (χ2n) is 5.31. The molecule has 1 amide bonds. The number of hydrogen-bond donors (Lipinski definition) is 1. The van der Waals surface area contributed by atoms with Crippen LogP contribution in [0, 0.1) is 5.92 Å². The van der Waals surface area contributed by atoms with E-state index in [1.54, 1.807) is 36.4 Å². The number of ether oxygens (including phenoxy) is 1. The first-order valence-corrected chi connectivity index (χ1v) is 7.70. The molecule has 0 heterocycles. The highest BCUT2D eigenvalue weighted by molar-refractivity contribution is 6.36. The van der Waals surface area contributed by atoms with Crippen molar-refractivity contribution in [2.24, 2.45) is 5.92 Å². The predicted octanol–water partition coefficient (Wildman–Crippen LogP) is 5.28. The predicted molar refractivity (Wildman–Crippen MR) is 91.2 cm³/mol. The summed E-state index contributed by atoms with van der Waals surface area (Å²) in [7, 11) is 0. The van der Waals surface area contributed by atoms with Crippen molar-refractivity contribution in [3.63, 3.8) is 0 Å². The maximum atomic E-state index is 12.3. The molecule has 0 saturated carbocycles. The van der Waals surface area contributed by atoms with E-state index in [1.165, 1.54) is 0 Å². The van der Waals surface area contributed by atoms with E-state index in [9.17, 15) is 4.79 Å². The Morgan fingerprint density at radius 1 is 1.18 bits per heavy atom. The lowest BCUT2D eigenvalue weighted by Crippen LogP contribution is -2.12. The average molecular weight is 338 g/mol. The van der Waals surface area contributed by atoms with Gasteiger partial charge < -0.3 is 10.1 Å². The lowest BCUT2D eigenvalue weighted by Gasteiger charge is -2.11. The Morgan fingerprint density at radius 2 is 1.95 bits per heavy atom. The van der Waals surface area contributed by atoms with Gasteiger partial charge in [-0.05, 0) is 42.3 Å². The van der Waals surface area contributed by atoms with Crippen LogP contribution in [0.1, 0.15) is 24.2 Å². The van der Waals surface area contributed by atoms with Crippen molar-refractivity contribution >= 4 is 34.8 Å². The third kappa shape index (κ3) is 4.65. The highest BCUT2D eigenvalue weighted by Gasteiger charge is 2.10. The fourth-order valence-corrected chi connectivity index (χ4v) is 2.23. The van der Waals surface area contributed by atoms with Gasteiger partial charge in [-0.25, -0.2) is 0 Å². The molecule has 0 radical (unpaired) electrons. The number of halogens is 2. The molecule has 22 heavy (non-hydrogen) atoms. The van der Waals surface area contributed by atoms with E-state index in [2.05, 4.69) is 19.2 Å². The van der Waals surface area contributed by atoms with Crippen LogP contribution in [0.5, 0.6) is 5.75 Å². The van der Waals surface area contributed by atoms with Gasteiger partial charge in [0.05, 0.1) is 17.3 Å². The van der Waals surface area contributed by atoms with Gasteiger partial charge in [0.2, 0.25) is 0 Å². The number of nitrogens with one attached hydrogen (secondary N) is 1. The van der Waals surface area contributed by atoms with Gasteiger partial charge in [-0.2, -0.15) is 0 Å². The van der Waals surface area contributed by atoms with E-state index in [-0.39, 0.29) is 5.91 Å². The maximum absolute atomic E-state index is 12.3. The number of anilines is 1. The van der Waals surface area contributed by atoms with Crippen molar-refractivity contribution in [3.05, 3.63) is 58.1 Å². The summed E-state index contributed by atoms with van der Waals surface area (Å²) in [5.41, 5.74) is 1.02. The van der Waals surface area contributed by atoms with E-state index in [0.717, 1.165) is 0 Å². The molecule has 0 bridgehead atoms. The van der Waals surface area contributed by atoms with E-state index in [0.29, 0.717) is 39.6 Å². The topological polar surface area (TPSA) is 38.3 Å². The van der Waals surface area contributed by atoms with Crippen molar-refractivity contribution in [1.29, 1.82) is 0 Å². The molecular formula is C17H17Cl2NO2. The zero-order chi connectivity index (χ0) is 16.1. The van der Waals surface area contributed by atoms with Crippen molar-refractivity contribution < 1.29 is 9.53 Å². The number of rotatable bonds is 5. The molecule has 0 aromatic heterocycles. The van der Waals surface area contributed by atoms with Crippen LogP contribution in [0.2, 0.25) is 10.0 Å². The van der Waals surface area contributed by atoms with Crippen LogP contribution >= 0.6 is 23.2 Å². The SMILES string of the molecule is CC(C)COc1cccc(C(=O)Nc2ccc(Cl)cc2Cl)c1. The number of amides is 1. The summed E-state index contributed by atoms with van der Waals surface area (Å²) in [6.07, 6.45) is 0. The standard InChI is InChI=1S/C17H17Cl2NO2/c1-11(2)10-22-14-5-3-4-12(8-14)17(21)20-16-7-6-13(18)9-15(16)19/h3-9,11H,10H2,1-2H3,(H,20,21). The quantitative estimate of drug-likeness (QED) is 0.805. The number of hydrogen-bond acceptors (Lipinski definition) is 2. The molecule has 2 aromatic rings. The molecule has 2 rings (SSSR count). The summed E-state index contributed by atoms with van der Waals surface area (Å²) in [6.45, 7) is 4.74. The number of carbonyl (C=O) groups excluding carboxylic acids is 1. The minimum absolute atomic E-state index is 0.251. The molecule has 3 nitrogen and oxygen atoms in total. The minimum atomic E-state index is -0.251. The Hall–Kier alpha value is -1.71. The Balaban J connectivity index is 2.10. The van der Waals surface area contributed by atoms with Crippen LogP contribution in [0.15, 0.2) is 42.5 Å². The molecule has 2 aromatic carbocycles. The summed E-state index contributed by atoms with van der Waals surface area (Å²) >= 11 is 11.9. The Morgan fingerprint density at radius 3 is 2.64 bits per heavy atom. The van der Waals surface area contributed by atoms with Gasteiger partial charge in [-0.15, -0.1) is 0 Å². The summed E-state index contributed by atoms with van der Waals surface area (Å²) in [4.78, 5) is 12.3. The molecule has 0 aliphatic carbocycles. The fourth-order valence-electron chi connectivity index (χ4n) is 1.78. The summed E-state index contributed by atoms with van der Waals surface area (Å²) in [6, 6.07) is 12.0. The van der Waals surface area contributed by atoms with Crippen LogP contribution in [0.25, 0.3) is 0 Å². The minimum Gasteiger partial charge on any atom is -0.493 e. The first-order chi connectivity index (χ1) is 10.5. The fraction of sp³-hybridized carbons (Fsp3) is 0.235. The first-order valence-electron chi connectivity index (χ1n) is 6.95. The third-order valence-corrected chi connectivity index (χ3v) is 3.41. The molecule has 0 aliphatic heterocycles. The summed E-state index contributed by atoms with van der Waals surface area (Å²) in [5, 5.41) is 3.68. The lowest BCUT2D eigenvalue weighted by atomic mass is 10.2. The van der Waals surface area contributed by atoms with Crippen LogP contribution in [0.3, 0.4) is 0 Å². The monoisotopic (exact) mass is 337 g/mol. The van der Waals surface area contributed by atoms with Gasteiger partial charge >= 0.3 is 0 Å². The van der Waals surface area contributed by atoms with Crippen LogP contribution < -0.4 is 10.1 Å². The molecule has 1 N–H and O–H groups in total. The van der Waals surface area contributed by atoms with E-state index >= 15 is 0 Å².